The van der Waals surface area contributed by atoms with Gasteiger partial charge in [0.05, 0.1) is 22.2 Å². The molecule has 2 N–H and O–H groups in total. The zero-order chi connectivity index (χ0) is 20.8. The molecule has 0 aromatic carbocycles. The second-order valence-electron chi connectivity index (χ2n) is 8.91. The van der Waals surface area contributed by atoms with Gasteiger partial charge in [0.2, 0.25) is 0 Å². The average molecular weight is 386 g/mol. The molecular formula is C21H30N4O3. The summed E-state index contributed by atoms with van der Waals surface area (Å²) < 4.78 is 1.86. The van der Waals surface area contributed by atoms with Crippen molar-refractivity contribution >= 4 is 22.9 Å². The lowest BCUT2D eigenvalue weighted by Gasteiger charge is -2.21. The van der Waals surface area contributed by atoms with Crippen LogP contribution in [0.1, 0.15) is 81.5 Å². The van der Waals surface area contributed by atoms with Crippen LogP contribution in [-0.2, 0) is 10.3 Å². The van der Waals surface area contributed by atoms with E-state index in [1.165, 1.54) is 0 Å². The van der Waals surface area contributed by atoms with Gasteiger partial charge in [-0.15, -0.1) is 0 Å². The number of carboxylic acids is 1. The van der Waals surface area contributed by atoms with E-state index in [0.29, 0.717) is 28.9 Å². The van der Waals surface area contributed by atoms with Gasteiger partial charge in [-0.05, 0) is 52.5 Å². The number of carboxylic acid groups (broad SMARTS) is 1. The van der Waals surface area contributed by atoms with Crippen molar-refractivity contribution in [1.82, 2.24) is 20.1 Å². The molecule has 2 aromatic rings. The fraction of sp³-hybridized carbons (Fsp3) is 0.619. The van der Waals surface area contributed by atoms with E-state index in [0.717, 1.165) is 24.2 Å². The molecule has 28 heavy (non-hydrogen) atoms. The second-order valence-corrected chi connectivity index (χ2v) is 8.91. The lowest BCUT2D eigenvalue weighted by molar-refractivity contribution is -0.140. The molecule has 152 valence electrons. The number of amides is 1. The third-order valence-electron chi connectivity index (χ3n) is 5.47. The van der Waals surface area contributed by atoms with Crippen molar-refractivity contribution in [2.45, 2.75) is 78.3 Å². The van der Waals surface area contributed by atoms with Crippen LogP contribution in [0.5, 0.6) is 0 Å². The van der Waals surface area contributed by atoms with Crippen LogP contribution >= 0.6 is 0 Å². The average Bonchev–Trinajstić information content (AvgIpc) is 3.41. The predicted octanol–water partition coefficient (Wildman–Crippen LogP) is 3.60. The Morgan fingerprint density at radius 1 is 1.36 bits per heavy atom. The van der Waals surface area contributed by atoms with Crippen LogP contribution < -0.4 is 5.32 Å². The molecule has 0 radical (unpaired) electrons. The Bertz CT molecular complexity index is 922. The molecule has 2 aromatic heterocycles. The van der Waals surface area contributed by atoms with Gasteiger partial charge in [-0.1, -0.05) is 20.3 Å². The van der Waals surface area contributed by atoms with E-state index in [-0.39, 0.29) is 17.4 Å². The van der Waals surface area contributed by atoms with Gasteiger partial charge in [-0.2, -0.15) is 5.10 Å². The molecule has 2 unspecified atom stereocenters. The third kappa shape index (κ3) is 3.75. The Hall–Kier alpha value is -2.44. The van der Waals surface area contributed by atoms with Gasteiger partial charge in [0.25, 0.3) is 5.91 Å². The first kappa shape index (κ1) is 20.3. The number of aliphatic carboxylic acids is 1. The molecule has 2 atom stereocenters. The number of hydrogen-bond donors (Lipinski definition) is 2. The Balaban J connectivity index is 2.12. The van der Waals surface area contributed by atoms with Gasteiger partial charge >= 0.3 is 5.97 Å². The van der Waals surface area contributed by atoms with E-state index in [2.05, 4.69) is 10.4 Å². The monoisotopic (exact) mass is 386 g/mol. The Morgan fingerprint density at radius 2 is 2.00 bits per heavy atom. The van der Waals surface area contributed by atoms with Crippen molar-refractivity contribution in [2.24, 2.45) is 5.92 Å². The molecule has 1 aliphatic rings. The molecule has 1 amide bonds. The smallest absolute Gasteiger partial charge is 0.326 e. The standard InChI is InChI=1S/C21H30N4O3/c1-7-11(2)17(20(27)28)23-19(26)14-10-15(13-8-9-13)22-18-16(14)12(3)24-25(18)21(4,5)6/h10-11,13,17H,7-9H2,1-6H3,(H,23,26)(H,27,28). The molecule has 0 bridgehead atoms. The number of aromatic nitrogens is 3. The molecule has 0 aliphatic heterocycles. The van der Waals surface area contributed by atoms with Gasteiger partial charge in [0.15, 0.2) is 5.65 Å². The second kappa shape index (κ2) is 7.18. The van der Waals surface area contributed by atoms with E-state index in [1.54, 1.807) is 0 Å². The molecule has 0 saturated heterocycles. The van der Waals surface area contributed by atoms with Gasteiger partial charge in [0, 0.05) is 11.6 Å². The molecule has 2 heterocycles. The fourth-order valence-electron chi connectivity index (χ4n) is 3.45. The van der Waals surface area contributed by atoms with Gasteiger partial charge in [-0.3, -0.25) is 4.79 Å². The van der Waals surface area contributed by atoms with Gasteiger partial charge < -0.3 is 10.4 Å². The lowest BCUT2D eigenvalue weighted by Crippen LogP contribution is -2.45. The molecule has 1 fully saturated rings. The maximum atomic E-state index is 13.2. The largest absolute Gasteiger partial charge is 0.480 e. The highest BCUT2D eigenvalue weighted by Crippen LogP contribution is 2.41. The SMILES string of the molecule is CCC(C)C(NC(=O)c1cc(C2CC2)nc2c1c(C)nn2C(C)(C)C)C(=O)O. The summed E-state index contributed by atoms with van der Waals surface area (Å²) >= 11 is 0. The molecule has 1 aliphatic carbocycles. The van der Waals surface area contributed by atoms with E-state index < -0.39 is 12.0 Å². The van der Waals surface area contributed by atoms with Crippen LogP contribution in [0.2, 0.25) is 0 Å². The minimum Gasteiger partial charge on any atom is -0.480 e. The summed E-state index contributed by atoms with van der Waals surface area (Å²) in [6, 6.07) is 0.898. The first-order chi connectivity index (χ1) is 13.0. The highest BCUT2D eigenvalue weighted by Gasteiger charge is 2.32. The number of carbonyl (C=O) groups is 2. The van der Waals surface area contributed by atoms with Crippen molar-refractivity contribution in [2.75, 3.05) is 0 Å². The maximum absolute atomic E-state index is 13.2. The minimum absolute atomic E-state index is 0.167. The number of nitrogens with zero attached hydrogens (tertiary/aromatic N) is 3. The lowest BCUT2D eigenvalue weighted by atomic mass is 9.98. The van der Waals surface area contributed by atoms with Crippen LogP contribution in [0, 0.1) is 12.8 Å². The highest BCUT2D eigenvalue weighted by molar-refractivity contribution is 6.07. The molecule has 1 saturated carbocycles. The number of aryl methyl sites for hydroxylation is 1. The molecule has 3 rings (SSSR count). The molecule has 0 spiro atoms. The number of carbonyl (C=O) groups excluding carboxylic acids is 1. The van der Waals surface area contributed by atoms with Crippen LogP contribution in [0.4, 0.5) is 0 Å². The van der Waals surface area contributed by atoms with E-state index in [1.807, 2.05) is 52.3 Å². The van der Waals surface area contributed by atoms with Crippen molar-refractivity contribution in [3.05, 3.63) is 23.0 Å². The molecule has 7 heteroatoms. The van der Waals surface area contributed by atoms with Crippen molar-refractivity contribution in [1.29, 1.82) is 0 Å². The summed E-state index contributed by atoms with van der Waals surface area (Å²) in [4.78, 5) is 29.7. The van der Waals surface area contributed by atoms with Crippen molar-refractivity contribution < 1.29 is 14.7 Å². The number of rotatable bonds is 6. The van der Waals surface area contributed by atoms with Crippen LogP contribution in [-0.4, -0.2) is 37.8 Å². The van der Waals surface area contributed by atoms with E-state index in [9.17, 15) is 14.7 Å². The zero-order valence-electron chi connectivity index (χ0n) is 17.5. The molecular weight excluding hydrogens is 356 g/mol. The number of pyridine rings is 1. The number of nitrogens with one attached hydrogen (secondary N) is 1. The van der Waals surface area contributed by atoms with E-state index in [4.69, 9.17) is 4.98 Å². The van der Waals surface area contributed by atoms with Crippen LogP contribution in [0.15, 0.2) is 6.07 Å². The number of hydrogen-bond acceptors (Lipinski definition) is 4. The minimum atomic E-state index is -1.02. The van der Waals surface area contributed by atoms with Gasteiger partial charge in [0.1, 0.15) is 6.04 Å². The maximum Gasteiger partial charge on any atom is 0.326 e. The summed E-state index contributed by atoms with van der Waals surface area (Å²) in [5, 5.41) is 17.6. The van der Waals surface area contributed by atoms with Crippen LogP contribution in [0.3, 0.4) is 0 Å². The highest BCUT2D eigenvalue weighted by atomic mass is 16.4. The summed E-state index contributed by atoms with van der Waals surface area (Å²) in [6.45, 7) is 11.8. The van der Waals surface area contributed by atoms with Crippen LogP contribution in [0.25, 0.3) is 11.0 Å². The Morgan fingerprint density at radius 3 is 2.50 bits per heavy atom. The third-order valence-corrected chi connectivity index (χ3v) is 5.47. The summed E-state index contributed by atoms with van der Waals surface area (Å²) in [5.74, 6) is -1.19. The van der Waals surface area contributed by atoms with E-state index >= 15 is 0 Å². The topological polar surface area (TPSA) is 97.1 Å². The predicted molar refractivity (Wildman–Crippen MR) is 108 cm³/mol. The Kier molecular flexibility index (Phi) is 5.21. The Labute approximate surface area is 165 Å². The summed E-state index contributed by atoms with van der Waals surface area (Å²) in [7, 11) is 0. The first-order valence-electron chi connectivity index (χ1n) is 9.99. The summed E-state index contributed by atoms with van der Waals surface area (Å²) in [5.41, 5.74) is 2.48. The normalized spacial score (nSPS) is 16.8. The number of fused-ring (bicyclic) bond motifs is 1. The summed E-state index contributed by atoms with van der Waals surface area (Å²) in [6.07, 6.45) is 2.79. The van der Waals surface area contributed by atoms with Crippen molar-refractivity contribution in [3.8, 4) is 0 Å². The van der Waals surface area contributed by atoms with Crippen molar-refractivity contribution in [3.63, 3.8) is 0 Å². The first-order valence-corrected chi connectivity index (χ1v) is 9.99. The quantitative estimate of drug-likeness (QED) is 0.790. The fourth-order valence-corrected chi connectivity index (χ4v) is 3.45. The molecule has 7 nitrogen and oxygen atoms in total. The zero-order valence-corrected chi connectivity index (χ0v) is 17.5. The van der Waals surface area contributed by atoms with Gasteiger partial charge in [-0.25, -0.2) is 14.5 Å².